The number of carbonyl (C=O) groups is 1. The number of thioether (sulfide) groups is 1. The van der Waals surface area contributed by atoms with Crippen molar-refractivity contribution < 1.29 is 9.53 Å². The maximum Gasteiger partial charge on any atom is 0.238 e. The summed E-state index contributed by atoms with van der Waals surface area (Å²) in [5, 5.41) is 14.9. The van der Waals surface area contributed by atoms with Gasteiger partial charge in [0.1, 0.15) is 5.75 Å². The lowest BCUT2D eigenvalue weighted by atomic mass is 10.3. The Labute approximate surface area is 179 Å². The number of amides is 1. The molecule has 0 saturated heterocycles. The number of nitrogens with zero attached hydrogens (tertiary/aromatic N) is 3. The zero-order valence-corrected chi connectivity index (χ0v) is 17.9. The fraction of sp³-hybridized carbons (Fsp3) is 0.176. The normalized spacial score (nSPS) is 11.7. The number of ether oxygens (including phenoxy) is 1. The topological polar surface area (TPSA) is 89.0 Å². The van der Waals surface area contributed by atoms with Crippen LogP contribution in [0.15, 0.2) is 40.9 Å². The summed E-state index contributed by atoms with van der Waals surface area (Å²) in [4.78, 5) is 16.4. The van der Waals surface area contributed by atoms with Crippen molar-refractivity contribution in [1.29, 1.82) is 0 Å². The van der Waals surface area contributed by atoms with E-state index in [2.05, 4.69) is 25.8 Å². The summed E-state index contributed by atoms with van der Waals surface area (Å²) in [7, 11) is 1.61. The third-order valence-electron chi connectivity index (χ3n) is 3.42. The number of pyridine rings is 1. The summed E-state index contributed by atoms with van der Waals surface area (Å²) in [6.07, 6.45) is 1.42. The van der Waals surface area contributed by atoms with E-state index in [1.165, 1.54) is 35.4 Å². The Morgan fingerprint density at radius 2 is 2.11 bits per heavy atom. The minimum absolute atomic E-state index is 0.251. The van der Waals surface area contributed by atoms with Crippen LogP contribution in [0.4, 0.5) is 16.6 Å². The minimum atomic E-state index is -0.425. The molecule has 28 heavy (non-hydrogen) atoms. The number of nitrogens with one attached hydrogen (secondary N) is 2. The van der Waals surface area contributed by atoms with Crippen molar-refractivity contribution in [1.82, 2.24) is 15.2 Å². The first-order valence-electron chi connectivity index (χ1n) is 7.97. The summed E-state index contributed by atoms with van der Waals surface area (Å²) in [5.74, 6) is 0.754. The molecule has 1 aromatic carbocycles. The van der Waals surface area contributed by atoms with Crippen molar-refractivity contribution in [2.45, 2.75) is 16.5 Å². The third kappa shape index (κ3) is 5.48. The van der Waals surface area contributed by atoms with Gasteiger partial charge in [-0.25, -0.2) is 4.98 Å². The SMILES string of the molecule is COc1cccc(Nc2nnc(SC(C)C(=O)Nc3ncc(Cl)cc3Cl)s2)c1. The number of carbonyl (C=O) groups excluding carboxylic acids is 1. The van der Waals surface area contributed by atoms with Crippen LogP contribution in [-0.2, 0) is 4.79 Å². The highest BCUT2D eigenvalue weighted by Gasteiger charge is 2.19. The van der Waals surface area contributed by atoms with Crippen molar-refractivity contribution in [2.24, 2.45) is 0 Å². The van der Waals surface area contributed by atoms with Gasteiger partial charge in [-0.1, -0.05) is 52.4 Å². The monoisotopic (exact) mass is 455 g/mol. The molecule has 7 nitrogen and oxygen atoms in total. The Bertz CT molecular complexity index is 986. The average Bonchev–Trinajstić information content (AvgIpc) is 3.10. The molecule has 0 fully saturated rings. The Morgan fingerprint density at radius 3 is 2.86 bits per heavy atom. The number of hydrogen-bond donors (Lipinski definition) is 2. The lowest BCUT2D eigenvalue weighted by molar-refractivity contribution is -0.115. The Kier molecular flexibility index (Phi) is 6.95. The molecule has 1 amide bonds. The Balaban J connectivity index is 1.59. The zero-order valence-electron chi connectivity index (χ0n) is 14.8. The van der Waals surface area contributed by atoms with E-state index in [9.17, 15) is 4.79 Å². The zero-order chi connectivity index (χ0) is 20.1. The van der Waals surface area contributed by atoms with Crippen molar-refractivity contribution in [3.63, 3.8) is 0 Å². The van der Waals surface area contributed by atoms with Crippen LogP contribution in [-0.4, -0.2) is 33.4 Å². The van der Waals surface area contributed by atoms with Gasteiger partial charge in [-0.05, 0) is 25.1 Å². The quantitative estimate of drug-likeness (QED) is 0.478. The maximum absolute atomic E-state index is 12.4. The van der Waals surface area contributed by atoms with Crippen molar-refractivity contribution >= 4 is 68.8 Å². The van der Waals surface area contributed by atoms with Gasteiger partial charge in [-0.3, -0.25) is 4.79 Å². The van der Waals surface area contributed by atoms with Crippen LogP contribution >= 0.6 is 46.3 Å². The number of anilines is 3. The van der Waals surface area contributed by atoms with E-state index in [4.69, 9.17) is 27.9 Å². The smallest absolute Gasteiger partial charge is 0.238 e. The molecule has 3 aromatic rings. The van der Waals surface area contributed by atoms with E-state index >= 15 is 0 Å². The molecule has 0 aliphatic rings. The van der Waals surface area contributed by atoms with Crippen LogP contribution in [0.1, 0.15) is 6.92 Å². The van der Waals surface area contributed by atoms with Gasteiger partial charge in [-0.15, -0.1) is 10.2 Å². The number of halogens is 2. The van der Waals surface area contributed by atoms with Crippen molar-refractivity contribution in [2.75, 3.05) is 17.7 Å². The number of hydrogen-bond acceptors (Lipinski definition) is 8. The molecule has 3 rings (SSSR count). The van der Waals surface area contributed by atoms with E-state index in [1.54, 1.807) is 14.0 Å². The Morgan fingerprint density at radius 1 is 1.29 bits per heavy atom. The van der Waals surface area contributed by atoms with E-state index in [0.29, 0.717) is 14.5 Å². The number of methoxy groups -OCH3 is 1. The molecule has 0 spiro atoms. The second kappa shape index (κ2) is 9.42. The van der Waals surface area contributed by atoms with Crippen LogP contribution < -0.4 is 15.4 Å². The molecule has 1 atom stereocenters. The maximum atomic E-state index is 12.4. The minimum Gasteiger partial charge on any atom is -0.497 e. The molecule has 0 aliphatic heterocycles. The molecule has 0 radical (unpaired) electrons. The molecule has 2 aromatic heterocycles. The summed E-state index contributed by atoms with van der Waals surface area (Å²) in [6.45, 7) is 1.76. The highest BCUT2D eigenvalue weighted by atomic mass is 35.5. The van der Waals surface area contributed by atoms with Crippen LogP contribution in [0.2, 0.25) is 10.0 Å². The molecule has 146 valence electrons. The lowest BCUT2D eigenvalue weighted by Crippen LogP contribution is -2.23. The first-order valence-corrected chi connectivity index (χ1v) is 10.4. The molecule has 0 bridgehead atoms. The first-order chi connectivity index (χ1) is 13.4. The first kappa shape index (κ1) is 20.7. The summed E-state index contributed by atoms with van der Waals surface area (Å²) < 4.78 is 5.85. The van der Waals surface area contributed by atoms with Gasteiger partial charge < -0.3 is 15.4 Å². The standard InChI is InChI=1S/C17H15Cl2N5O2S2/c1-9(15(25)22-14-13(19)6-10(18)8-20-14)27-17-24-23-16(28-17)21-11-4-3-5-12(7-11)26-2/h3-9H,1-2H3,(H,21,23)(H,20,22,25). The van der Waals surface area contributed by atoms with Gasteiger partial charge in [0.25, 0.3) is 0 Å². The van der Waals surface area contributed by atoms with E-state index in [-0.39, 0.29) is 16.7 Å². The van der Waals surface area contributed by atoms with E-state index in [0.717, 1.165) is 11.4 Å². The average molecular weight is 456 g/mol. The van der Waals surface area contributed by atoms with Gasteiger partial charge in [0, 0.05) is 18.0 Å². The molecule has 0 saturated carbocycles. The molecule has 2 N–H and O–H groups in total. The largest absolute Gasteiger partial charge is 0.497 e. The second-order valence-corrected chi connectivity index (χ2v) is 8.87. The molecular formula is C17H15Cl2N5O2S2. The molecule has 1 unspecified atom stereocenters. The lowest BCUT2D eigenvalue weighted by Gasteiger charge is -2.10. The van der Waals surface area contributed by atoms with Crippen LogP contribution in [0.3, 0.4) is 0 Å². The van der Waals surface area contributed by atoms with Crippen LogP contribution in [0.5, 0.6) is 5.75 Å². The molecule has 2 heterocycles. The summed E-state index contributed by atoms with van der Waals surface area (Å²) in [5.41, 5.74) is 0.835. The summed E-state index contributed by atoms with van der Waals surface area (Å²) in [6, 6.07) is 9.00. The van der Waals surface area contributed by atoms with Gasteiger partial charge >= 0.3 is 0 Å². The van der Waals surface area contributed by atoms with Crippen molar-refractivity contribution in [3.8, 4) is 5.75 Å². The Hall–Kier alpha value is -2.07. The predicted molar refractivity (Wildman–Crippen MR) is 114 cm³/mol. The van der Waals surface area contributed by atoms with Crippen molar-refractivity contribution in [3.05, 3.63) is 46.6 Å². The highest BCUT2D eigenvalue weighted by Crippen LogP contribution is 2.32. The molecule has 11 heteroatoms. The molecular weight excluding hydrogens is 441 g/mol. The number of benzene rings is 1. The summed E-state index contributed by atoms with van der Waals surface area (Å²) >= 11 is 14.5. The van der Waals surface area contributed by atoms with Gasteiger partial charge in [-0.2, -0.15) is 0 Å². The molecule has 0 aliphatic carbocycles. The van der Waals surface area contributed by atoms with Crippen LogP contribution in [0.25, 0.3) is 0 Å². The number of rotatable bonds is 7. The third-order valence-corrected chi connectivity index (χ3v) is 5.94. The van der Waals surface area contributed by atoms with Gasteiger partial charge in [0.15, 0.2) is 10.2 Å². The van der Waals surface area contributed by atoms with Gasteiger partial charge in [0.05, 0.1) is 22.4 Å². The fourth-order valence-electron chi connectivity index (χ4n) is 2.06. The van der Waals surface area contributed by atoms with E-state index in [1.807, 2.05) is 24.3 Å². The fourth-order valence-corrected chi connectivity index (χ4v) is 4.41. The number of aromatic nitrogens is 3. The predicted octanol–water partition coefficient (Wildman–Crippen LogP) is 5.11. The second-order valence-electron chi connectivity index (χ2n) is 5.46. The van der Waals surface area contributed by atoms with Crippen LogP contribution in [0, 0.1) is 0 Å². The highest BCUT2D eigenvalue weighted by molar-refractivity contribution is 8.02. The van der Waals surface area contributed by atoms with Gasteiger partial charge in [0.2, 0.25) is 11.0 Å². The van der Waals surface area contributed by atoms with E-state index < -0.39 is 5.25 Å².